The molecule has 0 aromatic carbocycles. The molecule has 0 saturated carbocycles. The molecule has 114 valence electrons. The Hall–Kier alpha value is -0.450. The summed E-state index contributed by atoms with van der Waals surface area (Å²) in [5, 5.41) is 5.00. The molecule has 3 nitrogen and oxygen atoms in total. The van der Waals surface area contributed by atoms with Crippen LogP contribution in [0.3, 0.4) is 0 Å². The molecular formula is C16H29N3S. The van der Waals surface area contributed by atoms with Crippen molar-refractivity contribution in [2.45, 2.75) is 65.6 Å². The number of nitrogens with zero attached hydrogens (tertiary/aromatic N) is 2. The lowest BCUT2D eigenvalue weighted by atomic mass is 9.86. The van der Waals surface area contributed by atoms with Gasteiger partial charge in [0.25, 0.3) is 0 Å². The smallest absolute Gasteiger partial charge is 0.0897 e. The third-order valence-corrected chi connectivity index (χ3v) is 5.71. The minimum Gasteiger partial charge on any atom is -0.308 e. The third kappa shape index (κ3) is 3.41. The highest BCUT2D eigenvalue weighted by atomic mass is 32.1. The van der Waals surface area contributed by atoms with E-state index in [2.05, 4.69) is 56.0 Å². The van der Waals surface area contributed by atoms with E-state index in [1.807, 2.05) is 11.3 Å². The summed E-state index contributed by atoms with van der Waals surface area (Å²) in [6, 6.07) is 0.628. The van der Waals surface area contributed by atoms with E-state index in [1.54, 1.807) is 0 Å². The van der Waals surface area contributed by atoms with Crippen LogP contribution in [0.5, 0.6) is 0 Å². The van der Waals surface area contributed by atoms with Gasteiger partial charge >= 0.3 is 0 Å². The predicted molar refractivity (Wildman–Crippen MR) is 87.2 cm³/mol. The van der Waals surface area contributed by atoms with Crippen molar-refractivity contribution in [2.24, 2.45) is 5.92 Å². The Morgan fingerprint density at radius 2 is 2.15 bits per heavy atom. The zero-order valence-electron chi connectivity index (χ0n) is 13.6. The highest BCUT2D eigenvalue weighted by molar-refractivity contribution is 7.11. The molecule has 1 aliphatic rings. The second-order valence-corrected chi connectivity index (χ2v) is 7.75. The number of thiazole rings is 1. The van der Waals surface area contributed by atoms with Crippen LogP contribution in [-0.4, -0.2) is 34.6 Å². The summed E-state index contributed by atoms with van der Waals surface area (Å²) < 4.78 is 0. The molecule has 0 aliphatic carbocycles. The highest BCUT2D eigenvalue weighted by Gasteiger charge is 2.37. The minimum atomic E-state index is 0.297. The van der Waals surface area contributed by atoms with Gasteiger partial charge in [-0.05, 0) is 25.7 Å². The van der Waals surface area contributed by atoms with E-state index in [0.29, 0.717) is 17.5 Å². The largest absolute Gasteiger partial charge is 0.308 e. The molecular weight excluding hydrogens is 266 g/mol. The van der Waals surface area contributed by atoms with E-state index in [0.717, 1.165) is 19.6 Å². The zero-order valence-corrected chi connectivity index (χ0v) is 14.4. The fraction of sp³-hybridized carbons (Fsp3) is 0.812. The Kier molecular flexibility index (Phi) is 5.21. The number of rotatable bonds is 5. The summed E-state index contributed by atoms with van der Waals surface area (Å²) in [5.74, 6) is 0.684. The van der Waals surface area contributed by atoms with E-state index in [4.69, 9.17) is 0 Å². The van der Waals surface area contributed by atoms with E-state index in [9.17, 15) is 0 Å². The highest BCUT2D eigenvalue weighted by Crippen LogP contribution is 2.28. The maximum absolute atomic E-state index is 4.40. The van der Waals surface area contributed by atoms with Gasteiger partial charge in [0.2, 0.25) is 0 Å². The van der Waals surface area contributed by atoms with Crippen molar-refractivity contribution in [3.63, 3.8) is 0 Å². The van der Waals surface area contributed by atoms with Crippen LogP contribution < -0.4 is 5.32 Å². The monoisotopic (exact) mass is 295 g/mol. The average Bonchev–Trinajstić information content (AvgIpc) is 2.83. The molecule has 1 aliphatic heterocycles. The maximum atomic E-state index is 4.40. The molecule has 1 aromatic rings. The van der Waals surface area contributed by atoms with Gasteiger partial charge in [-0.15, -0.1) is 11.3 Å². The van der Waals surface area contributed by atoms with Crippen molar-refractivity contribution < 1.29 is 0 Å². The number of hydrogen-bond donors (Lipinski definition) is 1. The van der Waals surface area contributed by atoms with Crippen molar-refractivity contribution in [3.8, 4) is 0 Å². The summed E-state index contributed by atoms with van der Waals surface area (Å²) in [6.07, 6.45) is 4.46. The number of aryl methyl sites for hydroxylation is 1. The topological polar surface area (TPSA) is 28.2 Å². The Morgan fingerprint density at radius 3 is 2.65 bits per heavy atom. The maximum Gasteiger partial charge on any atom is 0.0897 e. The summed E-state index contributed by atoms with van der Waals surface area (Å²) in [7, 11) is 0. The van der Waals surface area contributed by atoms with Crippen LogP contribution in [0.2, 0.25) is 0 Å². The first kappa shape index (κ1) is 15.9. The third-order valence-electron chi connectivity index (χ3n) is 4.81. The van der Waals surface area contributed by atoms with Crippen molar-refractivity contribution in [3.05, 3.63) is 16.1 Å². The molecule has 4 heteroatoms. The van der Waals surface area contributed by atoms with Crippen LogP contribution in [0.1, 0.15) is 50.4 Å². The van der Waals surface area contributed by atoms with Crippen molar-refractivity contribution >= 4 is 11.3 Å². The lowest BCUT2D eigenvalue weighted by Gasteiger charge is -2.48. The number of nitrogens with one attached hydrogen (secondary N) is 1. The molecule has 1 unspecified atom stereocenters. The SMILES string of the molecule is CCC1(CC)CN(Cc2cnc(C)s2)C(C(C)C)CN1. The van der Waals surface area contributed by atoms with E-state index in [-0.39, 0.29) is 0 Å². The van der Waals surface area contributed by atoms with Crippen LogP contribution in [0, 0.1) is 12.8 Å². The van der Waals surface area contributed by atoms with Crippen molar-refractivity contribution in [2.75, 3.05) is 13.1 Å². The second-order valence-electron chi connectivity index (χ2n) is 6.43. The van der Waals surface area contributed by atoms with Gasteiger partial charge in [0.1, 0.15) is 0 Å². The summed E-state index contributed by atoms with van der Waals surface area (Å²) in [5.41, 5.74) is 0.297. The lowest BCUT2D eigenvalue weighted by Crippen LogP contribution is -2.64. The molecule has 2 heterocycles. The zero-order chi connectivity index (χ0) is 14.8. The Balaban J connectivity index is 2.14. The minimum absolute atomic E-state index is 0.297. The first-order valence-electron chi connectivity index (χ1n) is 7.90. The van der Waals surface area contributed by atoms with E-state index in [1.165, 1.54) is 22.7 Å². The van der Waals surface area contributed by atoms with Crippen LogP contribution in [0.4, 0.5) is 0 Å². The fourth-order valence-corrected chi connectivity index (χ4v) is 4.07. The summed E-state index contributed by atoms with van der Waals surface area (Å²) in [6.45, 7) is 14.7. The average molecular weight is 295 g/mol. The molecule has 1 fully saturated rings. The molecule has 20 heavy (non-hydrogen) atoms. The molecule has 0 spiro atoms. The molecule has 0 amide bonds. The van der Waals surface area contributed by atoms with Gasteiger partial charge in [0.05, 0.1) is 5.01 Å². The second kappa shape index (κ2) is 6.54. The van der Waals surface area contributed by atoms with Gasteiger partial charge in [-0.3, -0.25) is 4.90 Å². The fourth-order valence-electron chi connectivity index (χ4n) is 3.24. The van der Waals surface area contributed by atoms with Crippen LogP contribution in [-0.2, 0) is 6.54 Å². The Bertz CT molecular complexity index is 423. The molecule has 1 atom stereocenters. The standard InChI is InChI=1S/C16H29N3S/c1-6-16(7-2)11-19(15(9-18-16)12(3)4)10-14-8-17-13(5)20-14/h8,12,15,18H,6-7,9-11H2,1-5H3. The van der Waals surface area contributed by atoms with Crippen LogP contribution in [0.25, 0.3) is 0 Å². The number of aromatic nitrogens is 1. The van der Waals surface area contributed by atoms with Gasteiger partial charge in [-0.1, -0.05) is 27.7 Å². The predicted octanol–water partition coefficient (Wildman–Crippen LogP) is 3.44. The summed E-state index contributed by atoms with van der Waals surface area (Å²) >= 11 is 1.84. The first-order valence-corrected chi connectivity index (χ1v) is 8.71. The van der Waals surface area contributed by atoms with Gasteiger partial charge in [0.15, 0.2) is 0 Å². The van der Waals surface area contributed by atoms with E-state index >= 15 is 0 Å². The van der Waals surface area contributed by atoms with E-state index < -0.39 is 0 Å². The van der Waals surface area contributed by atoms with Crippen LogP contribution in [0.15, 0.2) is 6.20 Å². The first-order chi connectivity index (χ1) is 9.49. The van der Waals surface area contributed by atoms with Gasteiger partial charge in [0, 0.05) is 42.3 Å². The molecule has 1 N–H and O–H groups in total. The molecule has 0 bridgehead atoms. The molecule has 1 aromatic heterocycles. The Labute approximate surface area is 127 Å². The van der Waals surface area contributed by atoms with Gasteiger partial charge in [-0.2, -0.15) is 0 Å². The quantitative estimate of drug-likeness (QED) is 0.902. The van der Waals surface area contributed by atoms with Gasteiger partial charge in [-0.25, -0.2) is 4.98 Å². The van der Waals surface area contributed by atoms with Gasteiger partial charge < -0.3 is 5.32 Å². The molecule has 0 radical (unpaired) electrons. The lowest BCUT2D eigenvalue weighted by molar-refractivity contribution is 0.0450. The molecule has 2 rings (SSSR count). The normalized spacial score (nSPS) is 23.4. The van der Waals surface area contributed by atoms with Crippen molar-refractivity contribution in [1.29, 1.82) is 0 Å². The molecule has 1 saturated heterocycles. The van der Waals surface area contributed by atoms with Crippen LogP contribution >= 0.6 is 11.3 Å². The van der Waals surface area contributed by atoms with Crippen molar-refractivity contribution in [1.82, 2.24) is 15.2 Å². The number of hydrogen-bond acceptors (Lipinski definition) is 4. The summed E-state index contributed by atoms with van der Waals surface area (Å²) in [4.78, 5) is 8.49. The Morgan fingerprint density at radius 1 is 1.45 bits per heavy atom. The number of piperazine rings is 1.